The van der Waals surface area contributed by atoms with Crippen LogP contribution < -0.4 is 0 Å². The Morgan fingerprint density at radius 1 is 1.20 bits per heavy atom. The van der Waals surface area contributed by atoms with Gasteiger partial charge in [-0.2, -0.15) is 0 Å². The number of benzene rings is 1. The van der Waals surface area contributed by atoms with E-state index in [9.17, 15) is 9.59 Å². The van der Waals surface area contributed by atoms with Crippen LogP contribution in [-0.2, 0) is 14.3 Å². The third-order valence-electron chi connectivity index (χ3n) is 4.63. The van der Waals surface area contributed by atoms with E-state index in [0.29, 0.717) is 35.2 Å². The predicted molar refractivity (Wildman–Crippen MR) is 95.1 cm³/mol. The Morgan fingerprint density at radius 2 is 2.04 bits per heavy atom. The molecule has 0 bridgehead atoms. The molecule has 136 valence electrons. The second-order valence-electron chi connectivity index (χ2n) is 6.40. The molecular formula is C18H21Cl2NO4. The zero-order chi connectivity index (χ0) is 17.8. The third-order valence-corrected chi connectivity index (χ3v) is 5.19. The van der Waals surface area contributed by atoms with Gasteiger partial charge in [-0.1, -0.05) is 23.2 Å². The number of halogens is 2. The first-order valence-electron chi connectivity index (χ1n) is 8.60. The number of amides is 1. The van der Waals surface area contributed by atoms with Crippen molar-refractivity contribution in [1.82, 2.24) is 4.90 Å². The summed E-state index contributed by atoms with van der Waals surface area (Å²) >= 11 is 12.1. The summed E-state index contributed by atoms with van der Waals surface area (Å²) in [6, 6.07) is 4.16. The van der Waals surface area contributed by atoms with Crippen LogP contribution in [0, 0.1) is 0 Å². The molecule has 7 heteroatoms. The van der Waals surface area contributed by atoms with Crippen LogP contribution in [0.4, 0.5) is 0 Å². The molecule has 1 aromatic carbocycles. The lowest BCUT2D eigenvalue weighted by atomic mass is 10.1. The molecule has 0 saturated carbocycles. The molecule has 2 heterocycles. The predicted octanol–water partition coefficient (Wildman–Crippen LogP) is 3.71. The first kappa shape index (κ1) is 18.5. The van der Waals surface area contributed by atoms with Crippen LogP contribution in [0.3, 0.4) is 0 Å². The minimum absolute atomic E-state index is 0.0365. The Labute approximate surface area is 157 Å². The van der Waals surface area contributed by atoms with Crippen molar-refractivity contribution >= 4 is 35.1 Å². The lowest BCUT2D eigenvalue weighted by Gasteiger charge is -2.26. The van der Waals surface area contributed by atoms with Crippen LogP contribution in [-0.4, -0.2) is 48.7 Å². The van der Waals surface area contributed by atoms with Gasteiger partial charge in [-0.3, -0.25) is 4.79 Å². The standard InChI is InChI=1S/C18H21Cl2NO4/c19-12-6-7-15(20)14(10-12)17(22)21-8-3-5-16(21)18(23)25-11-13-4-1-2-9-24-13/h6-7,10,13,16H,1-5,8-9,11H2. The van der Waals surface area contributed by atoms with Gasteiger partial charge in [0.25, 0.3) is 5.91 Å². The van der Waals surface area contributed by atoms with Gasteiger partial charge in [0, 0.05) is 18.2 Å². The summed E-state index contributed by atoms with van der Waals surface area (Å²) in [5, 5.41) is 0.754. The van der Waals surface area contributed by atoms with Crippen LogP contribution >= 0.6 is 23.2 Å². The molecule has 0 aromatic heterocycles. The molecule has 5 nitrogen and oxygen atoms in total. The quantitative estimate of drug-likeness (QED) is 0.741. The summed E-state index contributed by atoms with van der Waals surface area (Å²) in [4.78, 5) is 26.8. The number of likely N-dealkylation sites (tertiary alicyclic amines) is 1. The van der Waals surface area contributed by atoms with E-state index in [-0.39, 0.29) is 24.6 Å². The fraction of sp³-hybridized carbons (Fsp3) is 0.556. The summed E-state index contributed by atoms with van der Waals surface area (Å²) in [5.74, 6) is -0.668. The molecule has 2 fully saturated rings. The summed E-state index contributed by atoms with van der Waals surface area (Å²) in [5.41, 5.74) is 0.310. The van der Waals surface area contributed by atoms with Crippen molar-refractivity contribution in [2.75, 3.05) is 19.8 Å². The number of carbonyl (C=O) groups is 2. The molecule has 2 aliphatic heterocycles. The van der Waals surface area contributed by atoms with Gasteiger partial charge in [-0.05, 0) is 50.3 Å². The van der Waals surface area contributed by atoms with Crippen LogP contribution in [0.25, 0.3) is 0 Å². The van der Waals surface area contributed by atoms with Gasteiger partial charge >= 0.3 is 5.97 Å². The fourth-order valence-corrected chi connectivity index (χ4v) is 3.65. The van der Waals surface area contributed by atoms with Gasteiger partial charge in [0.1, 0.15) is 12.6 Å². The van der Waals surface area contributed by atoms with Gasteiger partial charge in [0.15, 0.2) is 0 Å². The first-order valence-corrected chi connectivity index (χ1v) is 9.36. The highest BCUT2D eigenvalue weighted by molar-refractivity contribution is 6.35. The number of hydrogen-bond donors (Lipinski definition) is 0. The Bertz CT molecular complexity index is 646. The van der Waals surface area contributed by atoms with Crippen molar-refractivity contribution in [2.24, 2.45) is 0 Å². The second kappa shape index (κ2) is 8.39. The second-order valence-corrected chi connectivity index (χ2v) is 7.24. The van der Waals surface area contributed by atoms with Crippen molar-refractivity contribution in [3.63, 3.8) is 0 Å². The first-order chi connectivity index (χ1) is 12.1. The normalized spacial score (nSPS) is 23.5. The molecular weight excluding hydrogens is 365 g/mol. The molecule has 2 aliphatic rings. The molecule has 2 unspecified atom stereocenters. The number of nitrogens with zero attached hydrogens (tertiary/aromatic N) is 1. The van der Waals surface area contributed by atoms with E-state index in [0.717, 1.165) is 25.7 Å². The maximum absolute atomic E-state index is 12.8. The number of carbonyl (C=O) groups excluding carboxylic acids is 2. The smallest absolute Gasteiger partial charge is 0.328 e. The zero-order valence-corrected chi connectivity index (χ0v) is 15.4. The highest BCUT2D eigenvalue weighted by Gasteiger charge is 2.36. The van der Waals surface area contributed by atoms with Crippen LogP contribution in [0.15, 0.2) is 18.2 Å². The Hall–Kier alpha value is -1.30. The number of rotatable bonds is 4. The van der Waals surface area contributed by atoms with Crippen LogP contribution in [0.1, 0.15) is 42.5 Å². The monoisotopic (exact) mass is 385 g/mol. The topological polar surface area (TPSA) is 55.8 Å². The summed E-state index contributed by atoms with van der Waals surface area (Å²) in [7, 11) is 0. The molecule has 1 aromatic rings. The van der Waals surface area contributed by atoms with Gasteiger partial charge in [-0.25, -0.2) is 4.79 Å². The SMILES string of the molecule is O=C(OCC1CCCCO1)C1CCCN1C(=O)c1cc(Cl)ccc1Cl. The number of hydrogen-bond acceptors (Lipinski definition) is 4. The Balaban J connectivity index is 1.64. The molecule has 2 atom stereocenters. The lowest BCUT2D eigenvalue weighted by Crippen LogP contribution is -2.42. The number of ether oxygens (including phenoxy) is 2. The van der Waals surface area contributed by atoms with E-state index in [1.165, 1.54) is 11.0 Å². The molecule has 0 radical (unpaired) electrons. The molecule has 1 amide bonds. The highest BCUT2D eigenvalue weighted by Crippen LogP contribution is 2.27. The zero-order valence-electron chi connectivity index (χ0n) is 13.9. The van der Waals surface area contributed by atoms with Crippen LogP contribution in [0.5, 0.6) is 0 Å². The van der Waals surface area contributed by atoms with Crippen molar-refractivity contribution in [2.45, 2.75) is 44.2 Å². The van der Waals surface area contributed by atoms with Gasteiger partial charge in [-0.15, -0.1) is 0 Å². The maximum atomic E-state index is 12.8. The van der Waals surface area contributed by atoms with Gasteiger partial charge < -0.3 is 14.4 Å². The minimum atomic E-state index is -0.578. The van der Waals surface area contributed by atoms with Crippen molar-refractivity contribution in [3.05, 3.63) is 33.8 Å². The lowest BCUT2D eigenvalue weighted by molar-refractivity contribution is -0.153. The average molecular weight is 386 g/mol. The largest absolute Gasteiger partial charge is 0.461 e. The van der Waals surface area contributed by atoms with E-state index in [2.05, 4.69) is 0 Å². The summed E-state index contributed by atoms with van der Waals surface area (Å²) in [6.45, 7) is 1.46. The van der Waals surface area contributed by atoms with Crippen LogP contribution in [0.2, 0.25) is 10.0 Å². The van der Waals surface area contributed by atoms with Crippen molar-refractivity contribution in [3.8, 4) is 0 Å². The van der Waals surface area contributed by atoms with E-state index < -0.39 is 6.04 Å². The van der Waals surface area contributed by atoms with E-state index >= 15 is 0 Å². The molecule has 25 heavy (non-hydrogen) atoms. The third kappa shape index (κ3) is 4.46. The van der Waals surface area contributed by atoms with Crippen molar-refractivity contribution < 1.29 is 19.1 Å². The van der Waals surface area contributed by atoms with E-state index in [4.69, 9.17) is 32.7 Å². The molecule has 0 aliphatic carbocycles. The summed E-state index contributed by atoms with van der Waals surface area (Å²) < 4.78 is 11.0. The molecule has 0 N–H and O–H groups in total. The molecule has 2 saturated heterocycles. The average Bonchev–Trinajstić information content (AvgIpc) is 3.12. The molecule has 3 rings (SSSR count). The van der Waals surface area contributed by atoms with Gasteiger partial charge in [0.2, 0.25) is 0 Å². The Morgan fingerprint density at radius 3 is 2.80 bits per heavy atom. The van der Waals surface area contributed by atoms with Crippen molar-refractivity contribution in [1.29, 1.82) is 0 Å². The van der Waals surface area contributed by atoms with E-state index in [1.54, 1.807) is 12.1 Å². The molecule has 0 spiro atoms. The minimum Gasteiger partial charge on any atom is -0.461 e. The number of esters is 1. The highest BCUT2D eigenvalue weighted by atomic mass is 35.5. The Kier molecular flexibility index (Phi) is 6.20. The fourth-order valence-electron chi connectivity index (χ4n) is 3.28. The van der Waals surface area contributed by atoms with E-state index in [1.807, 2.05) is 0 Å². The van der Waals surface area contributed by atoms with Gasteiger partial charge in [0.05, 0.1) is 16.7 Å². The maximum Gasteiger partial charge on any atom is 0.328 e. The summed E-state index contributed by atoms with van der Waals surface area (Å²) in [6.07, 6.45) is 4.35.